The molecule has 0 saturated carbocycles. The predicted octanol–water partition coefficient (Wildman–Crippen LogP) is 1.10. The maximum absolute atomic E-state index is 11.8. The van der Waals surface area contributed by atoms with Crippen molar-refractivity contribution in [2.45, 2.75) is 45.5 Å². The van der Waals surface area contributed by atoms with E-state index in [0.717, 1.165) is 0 Å². The molecule has 0 aromatic rings. The van der Waals surface area contributed by atoms with Crippen LogP contribution in [0.1, 0.15) is 27.7 Å². The molecule has 1 rings (SSSR count). The van der Waals surface area contributed by atoms with Gasteiger partial charge in [-0.05, 0) is 27.7 Å². The molecule has 17 heavy (non-hydrogen) atoms. The largest absolute Gasteiger partial charge is 0.479 e. The molecule has 0 radical (unpaired) electrons. The molecular weight excluding hydrogens is 226 g/mol. The Balaban J connectivity index is 2.64. The second kappa shape index (κ2) is 4.91. The molecule has 2 atom stereocenters. The Hall–Kier alpha value is -1.30. The number of carboxylic acid groups (broad SMARTS) is 1. The molecule has 0 aliphatic carbocycles. The summed E-state index contributed by atoms with van der Waals surface area (Å²) in [5.41, 5.74) is -0.586. The van der Waals surface area contributed by atoms with Crippen LogP contribution >= 0.6 is 0 Å². The van der Waals surface area contributed by atoms with Crippen LogP contribution in [0, 0.1) is 0 Å². The Morgan fingerprint density at radius 3 is 2.41 bits per heavy atom. The van der Waals surface area contributed by atoms with E-state index in [1.54, 1.807) is 27.7 Å². The Labute approximate surface area is 100 Å². The number of rotatable bonds is 1. The van der Waals surface area contributed by atoms with Crippen LogP contribution in [0.25, 0.3) is 0 Å². The Morgan fingerprint density at radius 1 is 1.35 bits per heavy atom. The molecule has 1 amide bonds. The van der Waals surface area contributed by atoms with Crippen LogP contribution < -0.4 is 0 Å². The molecule has 0 aromatic heterocycles. The summed E-state index contributed by atoms with van der Waals surface area (Å²) in [5.74, 6) is -1.06. The highest BCUT2D eigenvalue weighted by molar-refractivity contribution is 5.75. The first kappa shape index (κ1) is 13.8. The molecule has 0 aromatic carbocycles. The number of ether oxygens (including phenoxy) is 2. The molecule has 1 saturated heterocycles. The molecule has 98 valence electrons. The van der Waals surface area contributed by atoms with Gasteiger partial charge in [0.2, 0.25) is 0 Å². The van der Waals surface area contributed by atoms with Gasteiger partial charge in [-0.15, -0.1) is 0 Å². The molecule has 0 unspecified atom stereocenters. The lowest BCUT2D eigenvalue weighted by atomic mass is 10.2. The van der Waals surface area contributed by atoms with Crippen LogP contribution in [-0.2, 0) is 14.3 Å². The van der Waals surface area contributed by atoms with Crippen LogP contribution in [0.3, 0.4) is 0 Å². The van der Waals surface area contributed by atoms with Crippen molar-refractivity contribution in [3.05, 3.63) is 0 Å². The average molecular weight is 245 g/mol. The maximum atomic E-state index is 11.8. The van der Waals surface area contributed by atoms with E-state index in [1.807, 2.05) is 0 Å². The van der Waals surface area contributed by atoms with E-state index in [1.165, 1.54) is 4.90 Å². The van der Waals surface area contributed by atoms with Gasteiger partial charge in [0.1, 0.15) is 5.60 Å². The summed E-state index contributed by atoms with van der Waals surface area (Å²) >= 11 is 0. The number of hydrogen-bond acceptors (Lipinski definition) is 4. The van der Waals surface area contributed by atoms with E-state index < -0.39 is 23.8 Å². The summed E-state index contributed by atoms with van der Waals surface area (Å²) in [6, 6.07) is 0. The summed E-state index contributed by atoms with van der Waals surface area (Å²) in [6.07, 6.45) is -1.79. The normalized spacial score (nSPS) is 25.5. The zero-order valence-corrected chi connectivity index (χ0v) is 10.6. The van der Waals surface area contributed by atoms with Gasteiger partial charge in [-0.3, -0.25) is 0 Å². The van der Waals surface area contributed by atoms with Crippen molar-refractivity contribution in [3.8, 4) is 0 Å². The number of hydrogen-bond donors (Lipinski definition) is 1. The summed E-state index contributed by atoms with van der Waals surface area (Å²) in [6.45, 7) is 7.40. The van der Waals surface area contributed by atoms with Gasteiger partial charge in [-0.25, -0.2) is 9.59 Å². The van der Waals surface area contributed by atoms with Gasteiger partial charge in [0.05, 0.1) is 19.2 Å². The third-order valence-electron chi connectivity index (χ3n) is 2.19. The van der Waals surface area contributed by atoms with E-state index in [4.69, 9.17) is 14.6 Å². The van der Waals surface area contributed by atoms with Crippen molar-refractivity contribution < 1.29 is 24.2 Å². The number of amides is 1. The van der Waals surface area contributed by atoms with E-state index in [2.05, 4.69) is 0 Å². The quantitative estimate of drug-likeness (QED) is 0.748. The molecular formula is C11H19NO5. The van der Waals surface area contributed by atoms with Crippen molar-refractivity contribution in [1.82, 2.24) is 4.90 Å². The summed E-state index contributed by atoms with van der Waals surface area (Å²) in [4.78, 5) is 24.0. The number of carbonyl (C=O) groups is 2. The first-order chi connectivity index (χ1) is 7.69. The fourth-order valence-electron chi connectivity index (χ4n) is 1.56. The lowest BCUT2D eigenvalue weighted by molar-refractivity contribution is -0.161. The van der Waals surface area contributed by atoms with Crippen LogP contribution in [0.4, 0.5) is 4.79 Å². The predicted molar refractivity (Wildman–Crippen MR) is 59.8 cm³/mol. The number of carbonyl (C=O) groups excluding carboxylic acids is 1. The van der Waals surface area contributed by atoms with E-state index in [-0.39, 0.29) is 12.6 Å². The Bertz CT molecular complexity index is 309. The van der Waals surface area contributed by atoms with Gasteiger partial charge in [-0.1, -0.05) is 0 Å². The summed E-state index contributed by atoms with van der Waals surface area (Å²) in [7, 11) is 0. The lowest BCUT2D eigenvalue weighted by Gasteiger charge is -2.35. The van der Waals surface area contributed by atoms with Crippen LogP contribution in [-0.4, -0.2) is 53.0 Å². The first-order valence-corrected chi connectivity index (χ1v) is 5.55. The lowest BCUT2D eigenvalue weighted by Crippen LogP contribution is -2.52. The molecule has 6 nitrogen and oxygen atoms in total. The van der Waals surface area contributed by atoms with E-state index in [9.17, 15) is 9.59 Å². The minimum Gasteiger partial charge on any atom is -0.479 e. The van der Waals surface area contributed by atoms with Gasteiger partial charge in [0.25, 0.3) is 0 Å². The van der Waals surface area contributed by atoms with Gasteiger partial charge in [-0.2, -0.15) is 0 Å². The van der Waals surface area contributed by atoms with Crippen molar-refractivity contribution in [2.24, 2.45) is 0 Å². The number of carboxylic acids is 1. The van der Waals surface area contributed by atoms with Crippen molar-refractivity contribution in [2.75, 3.05) is 13.1 Å². The van der Waals surface area contributed by atoms with Crippen molar-refractivity contribution in [3.63, 3.8) is 0 Å². The maximum Gasteiger partial charge on any atom is 0.410 e. The SMILES string of the molecule is C[C@H]1CN(C(=O)OC(C)(C)C)C[C@@H](C(=O)O)O1. The van der Waals surface area contributed by atoms with Gasteiger partial charge in [0, 0.05) is 0 Å². The summed E-state index contributed by atoms with van der Waals surface area (Å²) in [5, 5.41) is 8.88. The highest BCUT2D eigenvalue weighted by Gasteiger charge is 2.34. The number of morpholine rings is 1. The molecule has 0 spiro atoms. The first-order valence-electron chi connectivity index (χ1n) is 5.55. The van der Waals surface area contributed by atoms with Crippen LogP contribution in [0.15, 0.2) is 0 Å². The monoisotopic (exact) mass is 245 g/mol. The highest BCUT2D eigenvalue weighted by atomic mass is 16.6. The fourth-order valence-corrected chi connectivity index (χ4v) is 1.56. The smallest absolute Gasteiger partial charge is 0.410 e. The van der Waals surface area contributed by atoms with Crippen LogP contribution in [0.5, 0.6) is 0 Å². The zero-order chi connectivity index (χ0) is 13.2. The third kappa shape index (κ3) is 4.22. The van der Waals surface area contributed by atoms with Gasteiger partial charge in [0.15, 0.2) is 6.10 Å². The molecule has 1 heterocycles. The number of nitrogens with zero attached hydrogens (tertiary/aromatic N) is 1. The second-order valence-electron chi connectivity index (χ2n) is 5.16. The Morgan fingerprint density at radius 2 is 1.94 bits per heavy atom. The third-order valence-corrected chi connectivity index (χ3v) is 2.19. The molecule has 0 bridgehead atoms. The van der Waals surface area contributed by atoms with E-state index >= 15 is 0 Å². The summed E-state index contributed by atoms with van der Waals surface area (Å²) < 4.78 is 10.4. The van der Waals surface area contributed by atoms with Crippen molar-refractivity contribution in [1.29, 1.82) is 0 Å². The van der Waals surface area contributed by atoms with E-state index in [0.29, 0.717) is 6.54 Å². The standard InChI is InChI=1S/C11H19NO5/c1-7-5-12(6-8(16-7)9(13)14)10(15)17-11(2,3)4/h7-8H,5-6H2,1-4H3,(H,13,14)/t7-,8-/m0/s1. The Kier molecular flexibility index (Phi) is 3.98. The number of aliphatic carboxylic acids is 1. The molecule has 1 fully saturated rings. The van der Waals surface area contributed by atoms with Gasteiger partial charge >= 0.3 is 12.1 Å². The zero-order valence-electron chi connectivity index (χ0n) is 10.6. The average Bonchev–Trinajstić information content (AvgIpc) is 2.13. The molecule has 1 N–H and O–H groups in total. The molecule has 6 heteroatoms. The molecule has 1 aliphatic rings. The highest BCUT2D eigenvalue weighted by Crippen LogP contribution is 2.15. The molecule has 1 aliphatic heterocycles. The van der Waals surface area contributed by atoms with Gasteiger partial charge < -0.3 is 19.5 Å². The topological polar surface area (TPSA) is 76.1 Å². The van der Waals surface area contributed by atoms with Crippen molar-refractivity contribution >= 4 is 12.1 Å². The second-order valence-corrected chi connectivity index (χ2v) is 5.16. The minimum absolute atomic E-state index is 0.0224. The fraction of sp³-hybridized carbons (Fsp3) is 0.818. The van der Waals surface area contributed by atoms with Crippen LogP contribution in [0.2, 0.25) is 0 Å². The minimum atomic E-state index is -1.06.